The van der Waals surface area contributed by atoms with Gasteiger partial charge in [0.1, 0.15) is 0 Å². The van der Waals surface area contributed by atoms with E-state index in [1.807, 2.05) is 4.90 Å². The highest BCUT2D eigenvalue weighted by molar-refractivity contribution is 7.07. The maximum absolute atomic E-state index is 12.2. The van der Waals surface area contributed by atoms with Crippen LogP contribution in [0, 0.1) is 0 Å². The summed E-state index contributed by atoms with van der Waals surface area (Å²) in [6.45, 7) is 7.34. The van der Waals surface area contributed by atoms with Crippen LogP contribution in [0.4, 0.5) is 4.79 Å². The Bertz CT molecular complexity index is 480. The zero-order valence-electron chi connectivity index (χ0n) is 13.9. The van der Waals surface area contributed by atoms with Gasteiger partial charge in [-0.2, -0.15) is 11.3 Å². The van der Waals surface area contributed by atoms with Crippen LogP contribution >= 0.6 is 11.3 Å². The first-order valence-electron chi connectivity index (χ1n) is 8.64. The Labute approximate surface area is 142 Å². The van der Waals surface area contributed by atoms with E-state index in [1.54, 1.807) is 11.3 Å². The maximum atomic E-state index is 12.2. The van der Waals surface area contributed by atoms with E-state index < -0.39 is 0 Å². The summed E-state index contributed by atoms with van der Waals surface area (Å²) in [6, 6.07) is 2.70. The van der Waals surface area contributed by atoms with Crippen molar-refractivity contribution in [3.8, 4) is 0 Å². The molecule has 2 atom stereocenters. The fourth-order valence-electron chi connectivity index (χ4n) is 3.36. The molecule has 2 saturated heterocycles. The minimum Gasteiger partial charge on any atom is -0.378 e. The fourth-order valence-corrected chi connectivity index (χ4v) is 4.11. The number of thiophene rings is 1. The lowest BCUT2D eigenvalue weighted by molar-refractivity contribution is 0.100. The summed E-state index contributed by atoms with van der Waals surface area (Å²) < 4.78 is 5.59. The Balaban J connectivity index is 1.37. The normalized spacial score (nSPS) is 23.9. The van der Waals surface area contributed by atoms with Gasteiger partial charge in [-0.1, -0.05) is 0 Å². The van der Waals surface area contributed by atoms with Crippen LogP contribution in [0.3, 0.4) is 0 Å². The minimum absolute atomic E-state index is 0.0748. The zero-order valence-corrected chi connectivity index (χ0v) is 14.7. The van der Waals surface area contributed by atoms with E-state index in [0.29, 0.717) is 12.1 Å². The summed E-state index contributed by atoms with van der Waals surface area (Å²) in [5.41, 5.74) is 1.38. The smallest absolute Gasteiger partial charge is 0.317 e. The van der Waals surface area contributed by atoms with E-state index in [1.165, 1.54) is 5.56 Å². The lowest BCUT2D eigenvalue weighted by Gasteiger charge is -2.37. The number of nitrogens with one attached hydrogen (secondary N) is 1. The fraction of sp³-hybridized carbons (Fsp3) is 0.706. The predicted molar refractivity (Wildman–Crippen MR) is 92.9 cm³/mol. The molecule has 0 unspecified atom stereocenters. The van der Waals surface area contributed by atoms with E-state index in [-0.39, 0.29) is 6.03 Å². The van der Waals surface area contributed by atoms with Gasteiger partial charge in [-0.05, 0) is 48.6 Å². The topological polar surface area (TPSA) is 44.8 Å². The van der Waals surface area contributed by atoms with Gasteiger partial charge in [0.15, 0.2) is 0 Å². The highest BCUT2D eigenvalue weighted by Crippen LogP contribution is 2.23. The van der Waals surface area contributed by atoms with Crippen molar-refractivity contribution in [2.75, 3.05) is 39.3 Å². The van der Waals surface area contributed by atoms with Gasteiger partial charge < -0.3 is 15.0 Å². The number of hydrogen-bond acceptors (Lipinski definition) is 4. The predicted octanol–water partition coefficient (Wildman–Crippen LogP) is 2.71. The number of carbonyl (C=O) groups is 1. The van der Waals surface area contributed by atoms with Crippen LogP contribution in [0.15, 0.2) is 16.8 Å². The van der Waals surface area contributed by atoms with Crippen LogP contribution in [0.5, 0.6) is 0 Å². The second kappa shape index (κ2) is 8.13. The molecule has 2 aliphatic rings. The molecule has 0 saturated carbocycles. The van der Waals surface area contributed by atoms with Crippen molar-refractivity contribution in [2.45, 2.75) is 38.3 Å². The summed E-state index contributed by atoms with van der Waals surface area (Å²) in [4.78, 5) is 16.6. The molecule has 1 N–H and O–H groups in total. The van der Waals surface area contributed by atoms with Crippen molar-refractivity contribution >= 4 is 17.4 Å². The molecule has 3 rings (SSSR count). The molecule has 0 spiro atoms. The number of piperazine rings is 1. The zero-order chi connectivity index (χ0) is 16.1. The number of hydrogen-bond donors (Lipinski definition) is 1. The third-order valence-electron chi connectivity index (χ3n) is 4.94. The molecular formula is C17H27N3O2S. The van der Waals surface area contributed by atoms with Gasteiger partial charge in [-0.15, -0.1) is 0 Å². The average Bonchev–Trinajstić information content (AvgIpc) is 3.28. The minimum atomic E-state index is 0.0748. The molecule has 0 bridgehead atoms. The maximum Gasteiger partial charge on any atom is 0.317 e. The Morgan fingerprint density at radius 3 is 2.91 bits per heavy atom. The van der Waals surface area contributed by atoms with Crippen LogP contribution in [-0.4, -0.2) is 61.3 Å². The van der Waals surface area contributed by atoms with Gasteiger partial charge in [0.2, 0.25) is 0 Å². The van der Waals surface area contributed by atoms with E-state index in [0.717, 1.165) is 58.6 Å². The first-order chi connectivity index (χ1) is 11.2. The molecule has 2 fully saturated rings. The third-order valence-corrected chi connectivity index (χ3v) is 5.64. The number of ether oxygens (including phenoxy) is 1. The molecule has 1 aromatic rings. The molecule has 3 heterocycles. The van der Waals surface area contributed by atoms with Crippen molar-refractivity contribution in [2.24, 2.45) is 0 Å². The Morgan fingerprint density at radius 2 is 2.26 bits per heavy atom. The van der Waals surface area contributed by atoms with Crippen molar-refractivity contribution in [1.82, 2.24) is 15.1 Å². The van der Waals surface area contributed by atoms with E-state index >= 15 is 0 Å². The summed E-state index contributed by atoms with van der Waals surface area (Å²) >= 11 is 1.75. The van der Waals surface area contributed by atoms with Crippen LogP contribution in [0.1, 0.15) is 37.8 Å². The van der Waals surface area contributed by atoms with Crippen LogP contribution in [0.2, 0.25) is 0 Å². The van der Waals surface area contributed by atoms with Gasteiger partial charge in [0.25, 0.3) is 0 Å². The Kier molecular flexibility index (Phi) is 5.91. The molecule has 6 heteroatoms. The van der Waals surface area contributed by atoms with Crippen molar-refractivity contribution in [1.29, 1.82) is 0 Å². The summed E-state index contributed by atoms with van der Waals surface area (Å²) in [5.74, 6) is 0. The van der Waals surface area contributed by atoms with Gasteiger partial charge in [0, 0.05) is 45.4 Å². The lowest BCUT2D eigenvalue weighted by atomic mass is 10.1. The number of carbonyl (C=O) groups excluding carboxylic acids is 1. The molecular weight excluding hydrogens is 310 g/mol. The quantitative estimate of drug-likeness (QED) is 0.898. The van der Waals surface area contributed by atoms with Gasteiger partial charge in [-0.25, -0.2) is 4.79 Å². The molecule has 0 aromatic carbocycles. The monoisotopic (exact) mass is 337 g/mol. The molecule has 1 aromatic heterocycles. The lowest BCUT2D eigenvalue weighted by Crippen LogP contribution is -2.52. The third kappa shape index (κ3) is 4.46. The first-order valence-corrected chi connectivity index (χ1v) is 9.59. The summed E-state index contributed by atoms with van der Waals surface area (Å²) in [6.07, 6.45) is 3.57. The second-order valence-corrected chi connectivity index (χ2v) is 7.19. The van der Waals surface area contributed by atoms with Crippen molar-refractivity contribution in [3.63, 3.8) is 0 Å². The van der Waals surface area contributed by atoms with Gasteiger partial charge in [-0.3, -0.25) is 4.90 Å². The average molecular weight is 337 g/mol. The highest BCUT2D eigenvalue weighted by Gasteiger charge is 2.25. The molecule has 128 valence electrons. The molecule has 0 radical (unpaired) electrons. The Morgan fingerprint density at radius 1 is 1.43 bits per heavy atom. The first kappa shape index (κ1) is 16.7. The summed E-state index contributed by atoms with van der Waals surface area (Å²) in [7, 11) is 0. The van der Waals surface area contributed by atoms with Crippen molar-refractivity contribution < 1.29 is 9.53 Å². The molecule has 2 aliphatic heterocycles. The number of rotatable bonds is 5. The number of urea groups is 1. The molecule has 5 nitrogen and oxygen atoms in total. The van der Waals surface area contributed by atoms with Gasteiger partial charge >= 0.3 is 6.03 Å². The van der Waals surface area contributed by atoms with E-state index in [9.17, 15) is 4.79 Å². The highest BCUT2D eigenvalue weighted by atomic mass is 32.1. The van der Waals surface area contributed by atoms with Crippen molar-refractivity contribution in [3.05, 3.63) is 22.4 Å². The van der Waals surface area contributed by atoms with E-state index in [2.05, 4.69) is 34.0 Å². The molecule has 23 heavy (non-hydrogen) atoms. The SMILES string of the molecule is C[C@@H](c1ccsc1)N1CCN(C(=O)NCC[C@@H]2CCCO2)CC1. The summed E-state index contributed by atoms with van der Waals surface area (Å²) in [5, 5.41) is 7.39. The molecule has 0 aliphatic carbocycles. The number of nitrogens with zero attached hydrogens (tertiary/aromatic N) is 2. The van der Waals surface area contributed by atoms with Crippen LogP contribution < -0.4 is 5.32 Å². The van der Waals surface area contributed by atoms with Gasteiger partial charge in [0.05, 0.1) is 6.10 Å². The largest absolute Gasteiger partial charge is 0.378 e. The molecule has 2 amide bonds. The Hall–Kier alpha value is -1.11. The number of amides is 2. The van der Waals surface area contributed by atoms with Crippen LogP contribution in [0.25, 0.3) is 0 Å². The second-order valence-electron chi connectivity index (χ2n) is 6.41. The van der Waals surface area contributed by atoms with Crippen LogP contribution in [-0.2, 0) is 4.74 Å². The standard InChI is InChI=1S/C17H27N3O2S/c1-14(15-5-12-23-13-15)19-7-9-20(10-8-19)17(21)18-6-4-16-3-2-11-22-16/h5,12-14,16H,2-4,6-11H2,1H3,(H,18,21)/t14-,16-/m0/s1. The van der Waals surface area contributed by atoms with E-state index in [4.69, 9.17) is 4.74 Å².